The number of hydrogen-bond donors (Lipinski definition) is 1. The van der Waals surface area contributed by atoms with Crippen LogP contribution in [0.4, 0.5) is 10.1 Å². The summed E-state index contributed by atoms with van der Waals surface area (Å²) in [6.07, 6.45) is 3.02. The van der Waals surface area contributed by atoms with Crippen LogP contribution in [0.25, 0.3) is 0 Å². The molecule has 0 saturated heterocycles. The Morgan fingerprint density at radius 3 is 2.43 bits per heavy atom. The van der Waals surface area contributed by atoms with Gasteiger partial charge in [0.15, 0.2) is 0 Å². The Morgan fingerprint density at radius 1 is 1.07 bits per heavy atom. The zero-order valence-corrected chi connectivity index (χ0v) is 17.2. The maximum Gasteiger partial charge on any atom is 0.254 e. The van der Waals surface area contributed by atoms with Crippen LogP contribution in [-0.2, 0) is 16.0 Å². The molecule has 1 N–H and O–H groups in total. The number of aliphatic imine (C=N–C) groups is 1. The molecule has 5 heteroatoms. The Hall–Kier alpha value is -3.08. The van der Waals surface area contributed by atoms with Gasteiger partial charge in [-0.3, -0.25) is 14.6 Å². The number of hydrogen-bond acceptors (Lipinski definition) is 3. The molecule has 4 rings (SSSR count). The minimum atomic E-state index is -0.399. The lowest BCUT2D eigenvalue weighted by Gasteiger charge is -2.36. The van der Waals surface area contributed by atoms with Crippen molar-refractivity contribution in [3.05, 3.63) is 76.7 Å². The molecule has 2 atom stereocenters. The van der Waals surface area contributed by atoms with Crippen LogP contribution in [0.3, 0.4) is 0 Å². The van der Waals surface area contributed by atoms with E-state index in [1.54, 1.807) is 0 Å². The van der Waals surface area contributed by atoms with Gasteiger partial charge >= 0.3 is 0 Å². The van der Waals surface area contributed by atoms with E-state index in [0.717, 1.165) is 30.5 Å². The summed E-state index contributed by atoms with van der Waals surface area (Å²) in [7, 11) is 0. The van der Waals surface area contributed by atoms with E-state index in [4.69, 9.17) is 0 Å². The molecule has 1 amide bonds. The number of nitrogens with zero attached hydrogens (tertiary/aromatic N) is 1. The second-order valence-corrected chi connectivity index (χ2v) is 7.93. The summed E-state index contributed by atoms with van der Waals surface area (Å²) in [5.74, 6) is -1.29. The topological polar surface area (TPSA) is 58.5 Å². The number of halogens is 1. The Kier molecular flexibility index (Phi) is 5.62. The number of carbonyl (C=O) groups excluding carboxylic acids is 2. The number of amides is 1. The van der Waals surface area contributed by atoms with Crippen LogP contribution >= 0.6 is 0 Å². The highest BCUT2D eigenvalue weighted by molar-refractivity contribution is 6.14. The van der Waals surface area contributed by atoms with E-state index in [0.29, 0.717) is 23.4 Å². The molecule has 2 aromatic carbocycles. The van der Waals surface area contributed by atoms with Crippen LogP contribution in [0.15, 0.2) is 64.8 Å². The van der Waals surface area contributed by atoms with Gasteiger partial charge in [0.25, 0.3) is 5.91 Å². The summed E-state index contributed by atoms with van der Waals surface area (Å²) >= 11 is 0. The molecule has 1 aliphatic carbocycles. The molecule has 2 aromatic rings. The molecule has 0 aromatic heterocycles. The Labute approximate surface area is 175 Å². The number of Topliss-reactive ketones (excluding diaryl/α,β-unsaturated/α-hetero) is 1. The number of allylic oxidation sites excluding steroid dienone is 1. The van der Waals surface area contributed by atoms with E-state index in [-0.39, 0.29) is 23.4 Å². The van der Waals surface area contributed by atoms with Crippen molar-refractivity contribution in [3.8, 4) is 0 Å². The first-order valence-electron chi connectivity index (χ1n) is 10.4. The van der Waals surface area contributed by atoms with Gasteiger partial charge in [-0.2, -0.15) is 0 Å². The van der Waals surface area contributed by atoms with Gasteiger partial charge in [-0.25, -0.2) is 4.39 Å². The lowest BCUT2D eigenvalue weighted by atomic mass is 9.69. The third kappa shape index (κ3) is 3.84. The average Bonchev–Trinajstić information content (AvgIpc) is 2.74. The lowest BCUT2D eigenvalue weighted by molar-refractivity contribution is -0.122. The predicted molar refractivity (Wildman–Crippen MR) is 116 cm³/mol. The van der Waals surface area contributed by atoms with E-state index >= 15 is 0 Å². The maximum absolute atomic E-state index is 13.3. The second-order valence-electron chi connectivity index (χ2n) is 7.93. The van der Waals surface area contributed by atoms with E-state index < -0.39 is 5.92 Å². The summed E-state index contributed by atoms with van der Waals surface area (Å²) in [6.45, 7) is 3.92. The van der Waals surface area contributed by atoms with Gasteiger partial charge in [0.05, 0.1) is 5.92 Å². The van der Waals surface area contributed by atoms with Crippen molar-refractivity contribution in [1.29, 1.82) is 0 Å². The van der Waals surface area contributed by atoms with E-state index in [2.05, 4.69) is 29.4 Å². The molecular formula is C25H25FN2O2. The van der Waals surface area contributed by atoms with Crippen molar-refractivity contribution in [2.75, 3.05) is 5.32 Å². The standard InChI is InChI=1S/C25H25FN2O2/c1-3-16-7-9-17(10-8-16)23-22(25(30)28-19-13-11-18(26)12-14-19)15(2)27-20-5-4-6-21(29)24(20)23/h7-14,23-24H,3-6H2,1-2H3,(H,28,30)/t23-,24?/m0/s1. The fraction of sp³-hybridized carbons (Fsp3) is 0.320. The SMILES string of the molecule is CCc1ccc([C@H]2C(C(=O)Nc3ccc(F)cc3)=C(C)N=C3CCCC(=O)C32)cc1. The molecule has 4 nitrogen and oxygen atoms in total. The summed E-state index contributed by atoms with van der Waals surface area (Å²) < 4.78 is 13.2. The molecule has 0 spiro atoms. The molecule has 1 unspecified atom stereocenters. The molecule has 1 saturated carbocycles. The number of anilines is 1. The van der Waals surface area contributed by atoms with Gasteiger partial charge in [-0.1, -0.05) is 31.2 Å². The highest BCUT2D eigenvalue weighted by atomic mass is 19.1. The average molecular weight is 404 g/mol. The van der Waals surface area contributed by atoms with Crippen molar-refractivity contribution in [2.45, 2.75) is 45.4 Å². The fourth-order valence-electron chi connectivity index (χ4n) is 4.47. The monoisotopic (exact) mass is 404 g/mol. The number of nitrogens with one attached hydrogen (secondary N) is 1. The van der Waals surface area contributed by atoms with E-state index in [1.807, 2.05) is 19.1 Å². The van der Waals surface area contributed by atoms with Crippen LogP contribution in [0.2, 0.25) is 0 Å². The second kappa shape index (κ2) is 8.34. The van der Waals surface area contributed by atoms with Gasteiger partial charge in [0, 0.05) is 35.0 Å². The van der Waals surface area contributed by atoms with Crippen LogP contribution in [-0.4, -0.2) is 17.4 Å². The Bertz CT molecular complexity index is 1040. The van der Waals surface area contributed by atoms with Crippen molar-refractivity contribution >= 4 is 23.1 Å². The van der Waals surface area contributed by atoms with Crippen molar-refractivity contribution in [3.63, 3.8) is 0 Å². The molecular weight excluding hydrogens is 379 g/mol. The van der Waals surface area contributed by atoms with Crippen molar-refractivity contribution < 1.29 is 14.0 Å². The molecule has 2 aliphatic rings. The molecule has 154 valence electrons. The van der Waals surface area contributed by atoms with Crippen LogP contribution in [0.5, 0.6) is 0 Å². The Morgan fingerprint density at radius 2 is 1.77 bits per heavy atom. The van der Waals surface area contributed by atoms with Crippen LogP contribution < -0.4 is 5.32 Å². The number of fused-ring (bicyclic) bond motifs is 1. The minimum Gasteiger partial charge on any atom is -0.322 e. The molecule has 30 heavy (non-hydrogen) atoms. The first-order valence-corrected chi connectivity index (χ1v) is 10.4. The summed E-state index contributed by atoms with van der Waals surface area (Å²) in [5.41, 5.74) is 4.69. The number of rotatable bonds is 4. The first-order chi connectivity index (χ1) is 14.5. The zero-order valence-electron chi connectivity index (χ0n) is 17.2. The fourth-order valence-corrected chi connectivity index (χ4v) is 4.47. The third-order valence-corrected chi connectivity index (χ3v) is 6.00. The van der Waals surface area contributed by atoms with E-state index in [1.165, 1.54) is 29.8 Å². The number of benzene rings is 2. The quantitative estimate of drug-likeness (QED) is 0.761. The Balaban J connectivity index is 1.76. The third-order valence-electron chi connectivity index (χ3n) is 6.00. The first kappa shape index (κ1) is 20.2. The zero-order chi connectivity index (χ0) is 21.3. The van der Waals surface area contributed by atoms with Gasteiger partial charge in [-0.15, -0.1) is 0 Å². The van der Waals surface area contributed by atoms with Crippen LogP contribution in [0, 0.1) is 11.7 Å². The molecule has 1 fully saturated rings. The number of ketones is 1. The minimum absolute atomic E-state index is 0.143. The highest BCUT2D eigenvalue weighted by Gasteiger charge is 2.43. The van der Waals surface area contributed by atoms with Gasteiger partial charge in [0.2, 0.25) is 0 Å². The summed E-state index contributed by atoms with van der Waals surface area (Å²) in [4.78, 5) is 30.9. The molecule has 1 heterocycles. The highest BCUT2D eigenvalue weighted by Crippen LogP contribution is 2.43. The van der Waals surface area contributed by atoms with Gasteiger partial charge < -0.3 is 5.32 Å². The summed E-state index contributed by atoms with van der Waals surface area (Å²) in [6, 6.07) is 13.8. The molecule has 0 radical (unpaired) electrons. The van der Waals surface area contributed by atoms with Crippen molar-refractivity contribution in [1.82, 2.24) is 0 Å². The number of aryl methyl sites for hydroxylation is 1. The van der Waals surface area contributed by atoms with Gasteiger partial charge in [-0.05, 0) is 61.6 Å². The largest absolute Gasteiger partial charge is 0.322 e. The predicted octanol–water partition coefficient (Wildman–Crippen LogP) is 5.21. The maximum atomic E-state index is 13.3. The normalized spacial score (nSPS) is 21.2. The summed E-state index contributed by atoms with van der Waals surface area (Å²) in [5, 5.41) is 2.86. The molecule has 1 aliphatic heterocycles. The van der Waals surface area contributed by atoms with E-state index in [9.17, 15) is 14.0 Å². The van der Waals surface area contributed by atoms with Crippen molar-refractivity contribution in [2.24, 2.45) is 10.9 Å². The molecule has 0 bridgehead atoms. The number of carbonyl (C=O) groups is 2. The van der Waals surface area contributed by atoms with Gasteiger partial charge in [0.1, 0.15) is 11.6 Å². The smallest absolute Gasteiger partial charge is 0.254 e. The lowest BCUT2D eigenvalue weighted by Crippen LogP contribution is -2.39. The van der Waals surface area contributed by atoms with Crippen LogP contribution in [0.1, 0.15) is 50.2 Å².